The van der Waals surface area contributed by atoms with Crippen molar-refractivity contribution < 1.29 is 19.2 Å². The lowest BCUT2D eigenvalue weighted by Crippen LogP contribution is -2.09. The Labute approximate surface area is 159 Å². The highest BCUT2D eigenvalue weighted by Crippen LogP contribution is 2.31. The molecule has 7 nitrogen and oxygen atoms in total. The first kappa shape index (κ1) is 17.7. The van der Waals surface area contributed by atoms with Crippen LogP contribution < -0.4 is 0 Å². The maximum atomic E-state index is 13.0. The maximum Gasteiger partial charge on any atom is 0.298 e. The lowest BCUT2D eigenvalue weighted by Gasteiger charge is -2.04. The molecule has 0 saturated heterocycles. The number of nitro benzene ring substituents is 1. The number of fused-ring (bicyclic) bond motifs is 1. The Balaban J connectivity index is 1.76. The van der Waals surface area contributed by atoms with E-state index in [0.717, 1.165) is 5.39 Å². The van der Waals surface area contributed by atoms with E-state index in [2.05, 4.69) is 0 Å². The minimum Gasteiger partial charge on any atom is -0.451 e. The van der Waals surface area contributed by atoms with Gasteiger partial charge in [-0.1, -0.05) is 30.3 Å². The number of aliphatic hydroxyl groups excluding tert-OH is 1. The Morgan fingerprint density at radius 2 is 1.93 bits per heavy atom. The molecule has 0 unspecified atom stereocenters. The Kier molecular flexibility index (Phi) is 4.29. The molecule has 2 aromatic heterocycles. The molecular weight excluding hydrogens is 360 g/mol. The first-order valence-corrected chi connectivity index (χ1v) is 8.60. The Bertz CT molecular complexity index is 1220. The second-order valence-corrected chi connectivity index (χ2v) is 6.38. The third-order valence-corrected chi connectivity index (χ3v) is 4.77. The summed E-state index contributed by atoms with van der Waals surface area (Å²) < 4.78 is 7.17. The van der Waals surface area contributed by atoms with E-state index in [9.17, 15) is 20.0 Å². The zero-order valence-electron chi connectivity index (χ0n) is 15.0. The van der Waals surface area contributed by atoms with Gasteiger partial charge in [-0.25, -0.2) is 0 Å². The second-order valence-electron chi connectivity index (χ2n) is 6.38. The molecule has 4 aromatic rings. The molecule has 28 heavy (non-hydrogen) atoms. The molecule has 0 fully saturated rings. The summed E-state index contributed by atoms with van der Waals surface area (Å²) >= 11 is 0. The number of aliphatic hydroxyl groups is 1. The van der Waals surface area contributed by atoms with Crippen molar-refractivity contribution in [1.82, 2.24) is 4.57 Å². The quantitative estimate of drug-likeness (QED) is 0.423. The van der Waals surface area contributed by atoms with Crippen molar-refractivity contribution >= 4 is 22.5 Å². The molecule has 7 heteroatoms. The van der Waals surface area contributed by atoms with Crippen LogP contribution in [0.1, 0.15) is 21.7 Å². The van der Waals surface area contributed by atoms with E-state index in [1.165, 1.54) is 10.6 Å². The van der Waals surface area contributed by atoms with E-state index in [4.69, 9.17) is 4.42 Å². The average Bonchev–Trinajstić information content (AvgIpc) is 3.32. The largest absolute Gasteiger partial charge is 0.451 e. The van der Waals surface area contributed by atoms with Crippen LogP contribution in [-0.2, 0) is 6.61 Å². The Morgan fingerprint density at radius 1 is 1.14 bits per heavy atom. The van der Waals surface area contributed by atoms with Crippen molar-refractivity contribution in [2.24, 2.45) is 0 Å². The normalized spacial score (nSPS) is 11.1. The molecule has 0 aliphatic carbocycles. The summed E-state index contributed by atoms with van der Waals surface area (Å²) in [5.41, 5.74) is 2.33. The molecule has 0 atom stereocenters. The van der Waals surface area contributed by atoms with Crippen LogP contribution in [0.5, 0.6) is 0 Å². The molecule has 140 valence electrons. The molecule has 0 bridgehead atoms. The van der Waals surface area contributed by atoms with Crippen LogP contribution in [0, 0.1) is 17.0 Å². The predicted octanol–water partition coefficient (Wildman–Crippen LogP) is 4.30. The fourth-order valence-corrected chi connectivity index (χ4v) is 3.35. The molecule has 0 radical (unpaired) electrons. The fraction of sp³-hybridized carbons (Fsp3) is 0.0952. The number of carbonyl (C=O) groups excluding carboxylic acids is 1. The Hall–Kier alpha value is -3.71. The van der Waals surface area contributed by atoms with Gasteiger partial charge in [0.1, 0.15) is 5.76 Å². The van der Waals surface area contributed by atoms with Crippen LogP contribution in [0.3, 0.4) is 0 Å². The number of hydrogen-bond donors (Lipinski definition) is 1. The summed E-state index contributed by atoms with van der Waals surface area (Å²) in [7, 11) is 0. The van der Waals surface area contributed by atoms with Crippen LogP contribution >= 0.6 is 0 Å². The third kappa shape index (κ3) is 2.78. The van der Waals surface area contributed by atoms with E-state index in [1.54, 1.807) is 43.5 Å². The highest BCUT2D eigenvalue weighted by molar-refractivity contribution is 6.01. The van der Waals surface area contributed by atoms with Crippen molar-refractivity contribution in [3.05, 3.63) is 87.8 Å². The minimum atomic E-state index is -0.448. The van der Waals surface area contributed by atoms with Crippen LogP contribution in [0.15, 0.2) is 65.2 Å². The van der Waals surface area contributed by atoms with Gasteiger partial charge in [-0.2, -0.15) is 0 Å². The first-order valence-electron chi connectivity index (χ1n) is 8.60. The number of carbonyl (C=O) groups is 1. The minimum absolute atomic E-state index is 0.00855. The molecule has 2 aromatic carbocycles. The van der Waals surface area contributed by atoms with Gasteiger partial charge in [-0.3, -0.25) is 19.5 Å². The van der Waals surface area contributed by atoms with Gasteiger partial charge in [0.15, 0.2) is 5.76 Å². The van der Waals surface area contributed by atoms with E-state index >= 15 is 0 Å². The topological polar surface area (TPSA) is 98.5 Å². The highest BCUT2D eigenvalue weighted by Gasteiger charge is 2.20. The standard InChI is InChI=1S/C21H16N2O5/c1-13-15(6-4-8-17(13)23(26)27)19-9-10-20(28-19)21(25)22-11-14(12-24)16-5-2-3-7-18(16)22/h2-11,24H,12H2,1H3. The van der Waals surface area contributed by atoms with Gasteiger partial charge in [-0.15, -0.1) is 0 Å². The zero-order valence-corrected chi connectivity index (χ0v) is 15.0. The van der Waals surface area contributed by atoms with Gasteiger partial charge in [0.25, 0.3) is 11.6 Å². The lowest BCUT2D eigenvalue weighted by molar-refractivity contribution is -0.385. The summed E-state index contributed by atoms with van der Waals surface area (Å²) in [6, 6.07) is 15.2. The second kappa shape index (κ2) is 6.79. The predicted molar refractivity (Wildman–Crippen MR) is 103 cm³/mol. The summed E-state index contributed by atoms with van der Waals surface area (Å²) in [5, 5.41) is 21.5. The molecule has 0 spiro atoms. The van der Waals surface area contributed by atoms with E-state index in [1.807, 2.05) is 18.2 Å². The number of benzene rings is 2. The smallest absolute Gasteiger partial charge is 0.298 e. The lowest BCUT2D eigenvalue weighted by atomic mass is 10.1. The number of para-hydroxylation sites is 1. The number of aromatic nitrogens is 1. The van der Waals surface area contributed by atoms with Crippen LogP contribution in [0.2, 0.25) is 0 Å². The zero-order chi connectivity index (χ0) is 19.8. The highest BCUT2D eigenvalue weighted by atomic mass is 16.6. The average molecular weight is 376 g/mol. The van der Waals surface area contributed by atoms with Crippen LogP contribution in [-0.4, -0.2) is 20.5 Å². The molecule has 0 saturated carbocycles. The number of nitro groups is 1. The maximum absolute atomic E-state index is 13.0. The fourth-order valence-electron chi connectivity index (χ4n) is 3.35. The molecule has 0 aliphatic heterocycles. The van der Waals surface area contributed by atoms with Crippen LogP contribution in [0.4, 0.5) is 5.69 Å². The van der Waals surface area contributed by atoms with E-state index in [0.29, 0.717) is 28.0 Å². The monoisotopic (exact) mass is 376 g/mol. The molecular formula is C21H16N2O5. The summed E-state index contributed by atoms with van der Waals surface area (Å²) in [6.07, 6.45) is 1.59. The third-order valence-electron chi connectivity index (χ3n) is 4.77. The SMILES string of the molecule is Cc1c(-c2ccc(C(=O)n3cc(CO)c4ccccc43)o2)cccc1[N+](=O)[O-]. The van der Waals surface area contributed by atoms with Crippen molar-refractivity contribution in [2.45, 2.75) is 13.5 Å². The van der Waals surface area contributed by atoms with E-state index < -0.39 is 4.92 Å². The van der Waals surface area contributed by atoms with Gasteiger partial charge >= 0.3 is 0 Å². The van der Waals surface area contributed by atoms with Crippen molar-refractivity contribution in [3.63, 3.8) is 0 Å². The number of nitrogens with zero attached hydrogens (tertiary/aromatic N) is 2. The Morgan fingerprint density at radius 3 is 2.68 bits per heavy atom. The molecule has 0 amide bonds. The van der Waals surface area contributed by atoms with Gasteiger partial charge in [-0.05, 0) is 25.1 Å². The van der Waals surface area contributed by atoms with Crippen molar-refractivity contribution in [3.8, 4) is 11.3 Å². The molecule has 4 rings (SSSR count). The van der Waals surface area contributed by atoms with Crippen molar-refractivity contribution in [2.75, 3.05) is 0 Å². The van der Waals surface area contributed by atoms with Gasteiger partial charge in [0.2, 0.25) is 0 Å². The summed E-state index contributed by atoms with van der Waals surface area (Å²) in [6.45, 7) is 1.46. The van der Waals surface area contributed by atoms with Gasteiger partial charge in [0.05, 0.1) is 17.0 Å². The number of furan rings is 1. The first-order chi connectivity index (χ1) is 13.5. The van der Waals surface area contributed by atoms with Gasteiger partial charge < -0.3 is 9.52 Å². The number of rotatable bonds is 4. The van der Waals surface area contributed by atoms with Crippen molar-refractivity contribution in [1.29, 1.82) is 0 Å². The summed E-state index contributed by atoms with van der Waals surface area (Å²) in [4.78, 5) is 23.7. The molecule has 1 N–H and O–H groups in total. The van der Waals surface area contributed by atoms with Crippen LogP contribution in [0.25, 0.3) is 22.2 Å². The van der Waals surface area contributed by atoms with Gasteiger partial charge in [0, 0.05) is 34.3 Å². The molecule has 2 heterocycles. The summed E-state index contributed by atoms with van der Waals surface area (Å²) in [5.74, 6) is 0.0970. The van der Waals surface area contributed by atoms with E-state index in [-0.39, 0.29) is 24.0 Å². The molecule has 0 aliphatic rings. The number of hydrogen-bond acceptors (Lipinski definition) is 5.